The maximum atomic E-state index is 12.8. The van der Waals surface area contributed by atoms with Crippen LogP contribution >= 0.6 is 11.6 Å². The topological polar surface area (TPSA) is 49.4 Å². The predicted octanol–water partition coefficient (Wildman–Crippen LogP) is 2.52. The Bertz CT molecular complexity index is 589. The van der Waals surface area contributed by atoms with Crippen LogP contribution in [0.25, 0.3) is 0 Å². The minimum absolute atomic E-state index is 0.250. The maximum absolute atomic E-state index is 12.8. The van der Waals surface area contributed by atoms with Crippen molar-refractivity contribution in [2.24, 2.45) is 5.92 Å². The van der Waals surface area contributed by atoms with Crippen LogP contribution in [-0.4, -0.2) is 39.4 Å². The van der Waals surface area contributed by atoms with Crippen LogP contribution in [0, 0.1) is 5.92 Å². The van der Waals surface area contributed by atoms with E-state index in [0.717, 1.165) is 31.4 Å². The fraction of sp³-hybridized carbons (Fsp3) is 0.600. The SMILES string of the molecule is CCCc1ccc(Cl)c(S(=O)(=O)N2CCC(CNC)C2)c1. The second-order valence-electron chi connectivity index (χ2n) is 5.59. The molecule has 0 bridgehead atoms. The Morgan fingerprint density at radius 3 is 2.86 bits per heavy atom. The molecular formula is C15H23ClN2O2S. The smallest absolute Gasteiger partial charge is 0.244 e. The number of rotatable bonds is 6. The zero-order chi connectivity index (χ0) is 15.5. The predicted molar refractivity (Wildman–Crippen MR) is 86.2 cm³/mol. The van der Waals surface area contributed by atoms with Gasteiger partial charge in [-0.2, -0.15) is 4.31 Å². The van der Waals surface area contributed by atoms with Crippen molar-refractivity contribution < 1.29 is 8.42 Å². The first kappa shape index (κ1) is 16.7. The number of aryl methyl sites for hydroxylation is 1. The molecule has 1 fully saturated rings. The summed E-state index contributed by atoms with van der Waals surface area (Å²) in [6.45, 7) is 4.06. The van der Waals surface area contributed by atoms with E-state index in [1.165, 1.54) is 0 Å². The van der Waals surface area contributed by atoms with Gasteiger partial charge in [0.1, 0.15) is 4.90 Å². The molecule has 6 heteroatoms. The van der Waals surface area contributed by atoms with Crippen LogP contribution in [0.3, 0.4) is 0 Å². The van der Waals surface area contributed by atoms with Crippen molar-refractivity contribution in [1.82, 2.24) is 9.62 Å². The highest BCUT2D eigenvalue weighted by molar-refractivity contribution is 7.89. The van der Waals surface area contributed by atoms with Crippen molar-refractivity contribution >= 4 is 21.6 Å². The van der Waals surface area contributed by atoms with Gasteiger partial charge in [-0.15, -0.1) is 0 Å². The van der Waals surface area contributed by atoms with E-state index >= 15 is 0 Å². The Hall–Kier alpha value is -0.620. The average Bonchev–Trinajstić information content (AvgIpc) is 2.91. The maximum Gasteiger partial charge on any atom is 0.244 e. The van der Waals surface area contributed by atoms with E-state index in [2.05, 4.69) is 12.2 Å². The van der Waals surface area contributed by atoms with Crippen molar-refractivity contribution in [3.63, 3.8) is 0 Å². The highest BCUT2D eigenvalue weighted by atomic mass is 35.5. The molecule has 1 aromatic carbocycles. The third kappa shape index (κ3) is 3.77. The summed E-state index contributed by atoms with van der Waals surface area (Å²) in [6.07, 6.45) is 2.74. The Morgan fingerprint density at radius 2 is 2.19 bits per heavy atom. The summed E-state index contributed by atoms with van der Waals surface area (Å²) in [7, 11) is -1.60. The molecule has 2 rings (SSSR count). The number of hydrogen-bond acceptors (Lipinski definition) is 3. The number of benzene rings is 1. The lowest BCUT2D eigenvalue weighted by molar-refractivity contribution is 0.451. The first-order chi connectivity index (χ1) is 9.98. The number of hydrogen-bond donors (Lipinski definition) is 1. The lowest BCUT2D eigenvalue weighted by Gasteiger charge is -2.18. The standard InChI is InChI=1S/C15H23ClN2O2S/c1-3-4-12-5-6-14(16)15(9-12)21(19,20)18-8-7-13(11-18)10-17-2/h5-6,9,13,17H,3-4,7-8,10-11H2,1-2H3. The fourth-order valence-corrected chi connectivity index (χ4v) is 4.86. The van der Waals surface area contributed by atoms with Crippen LogP contribution in [0.5, 0.6) is 0 Å². The Labute approximate surface area is 132 Å². The lowest BCUT2D eigenvalue weighted by atomic mass is 10.1. The van der Waals surface area contributed by atoms with Crippen molar-refractivity contribution in [2.75, 3.05) is 26.7 Å². The van der Waals surface area contributed by atoms with E-state index < -0.39 is 10.0 Å². The summed E-state index contributed by atoms with van der Waals surface area (Å²) in [5, 5.41) is 3.42. The molecule has 1 atom stereocenters. The zero-order valence-corrected chi connectivity index (χ0v) is 14.2. The van der Waals surface area contributed by atoms with Gasteiger partial charge in [-0.25, -0.2) is 8.42 Å². The van der Waals surface area contributed by atoms with Gasteiger partial charge in [-0.05, 0) is 50.0 Å². The normalized spacial score (nSPS) is 20.0. The van der Waals surface area contributed by atoms with Gasteiger partial charge < -0.3 is 5.32 Å². The van der Waals surface area contributed by atoms with Gasteiger partial charge in [-0.1, -0.05) is 31.0 Å². The van der Waals surface area contributed by atoms with Crippen LogP contribution in [0.4, 0.5) is 0 Å². The van der Waals surface area contributed by atoms with E-state index in [9.17, 15) is 8.42 Å². The largest absolute Gasteiger partial charge is 0.319 e. The molecule has 1 N–H and O–H groups in total. The van der Waals surface area contributed by atoms with Crippen LogP contribution in [0.2, 0.25) is 5.02 Å². The summed E-state index contributed by atoms with van der Waals surface area (Å²) in [6, 6.07) is 5.33. The first-order valence-corrected chi connectivity index (χ1v) is 9.24. The number of sulfonamides is 1. The molecule has 0 aromatic heterocycles. The number of nitrogens with one attached hydrogen (secondary N) is 1. The first-order valence-electron chi connectivity index (χ1n) is 7.42. The van der Waals surface area contributed by atoms with Gasteiger partial charge in [0.2, 0.25) is 10.0 Å². The van der Waals surface area contributed by atoms with Crippen LogP contribution < -0.4 is 5.32 Å². The van der Waals surface area contributed by atoms with Crippen molar-refractivity contribution in [1.29, 1.82) is 0 Å². The molecule has 0 radical (unpaired) electrons. The molecule has 1 aliphatic heterocycles. The van der Waals surface area contributed by atoms with Gasteiger partial charge in [-0.3, -0.25) is 0 Å². The molecule has 1 aromatic rings. The van der Waals surface area contributed by atoms with E-state index in [1.807, 2.05) is 13.1 Å². The van der Waals surface area contributed by atoms with E-state index in [0.29, 0.717) is 24.0 Å². The molecule has 4 nitrogen and oxygen atoms in total. The molecule has 0 aliphatic carbocycles. The fourth-order valence-electron chi connectivity index (χ4n) is 2.80. The quantitative estimate of drug-likeness (QED) is 0.872. The molecule has 118 valence electrons. The molecule has 0 spiro atoms. The van der Waals surface area contributed by atoms with Crippen LogP contribution in [0.1, 0.15) is 25.3 Å². The Morgan fingerprint density at radius 1 is 1.43 bits per heavy atom. The van der Waals surface area contributed by atoms with E-state index in [4.69, 9.17) is 11.6 Å². The average molecular weight is 331 g/mol. The van der Waals surface area contributed by atoms with Crippen molar-refractivity contribution in [3.05, 3.63) is 28.8 Å². The number of nitrogens with zero attached hydrogens (tertiary/aromatic N) is 1. The third-order valence-electron chi connectivity index (χ3n) is 3.89. The highest BCUT2D eigenvalue weighted by Crippen LogP contribution is 2.29. The summed E-state index contributed by atoms with van der Waals surface area (Å²) in [4.78, 5) is 0.250. The molecule has 21 heavy (non-hydrogen) atoms. The van der Waals surface area contributed by atoms with Gasteiger partial charge in [0.05, 0.1) is 5.02 Å². The monoisotopic (exact) mass is 330 g/mol. The Kier molecular flexibility index (Phi) is 5.66. The number of halogens is 1. The van der Waals surface area contributed by atoms with E-state index in [1.54, 1.807) is 16.4 Å². The van der Waals surface area contributed by atoms with Crippen molar-refractivity contribution in [3.8, 4) is 0 Å². The summed E-state index contributed by atoms with van der Waals surface area (Å²) in [5.41, 5.74) is 1.02. The summed E-state index contributed by atoms with van der Waals surface area (Å²) >= 11 is 6.14. The Balaban J connectivity index is 2.25. The zero-order valence-electron chi connectivity index (χ0n) is 12.6. The second-order valence-corrected chi connectivity index (χ2v) is 7.90. The van der Waals surface area contributed by atoms with Gasteiger partial charge in [0.25, 0.3) is 0 Å². The molecular weight excluding hydrogens is 308 g/mol. The molecule has 1 aliphatic rings. The minimum atomic E-state index is -3.49. The third-order valence-corrected chi connectivity index (χ3v) is 6.24. The molecule has 0 amide bonds. The van der Waals surface area contributed by atoms with E-state index in [-0.39, 0.29) is 4.90 Å². The van der Waals surface area contributed by atoms with Crippen molar-refractivity contribution in [2.45, 2.75) is 31.1 Å². The van der Waals surface area contributed by atoms with Gasteiger partial charge in [0.15, 0.2) is 0 Å². The lowest BCUT2D eigenvalue weighted by Crippen LogP contribution is -2.30. The van der Waals surface area contributed by atoms with Gasteiger partial charge >= 0.3 is 0 Å². The molecule has 0 saturated carbocycles. The molecule has 1 saturated heterocycles. The second kappa shape index (κ2) is 7.09. The summed E-state index contributed by atoms with van der Waals surface area (Å²) in [5.74, 6) is 0.377. The molecule has 1 unspecified atom stereocenters. The minimum Gasteiger partial charge on any atom is -0.319 e. The van der Waals surface area contributed by atoms with Crippen LogP contribution in [-0.2, 0) is 16.4 Å². The highest BCUT2D eigenvalue weighted by Gasteiger charge is 2.33. The van der Waals surface area contributed by atoms with Gasteiger partial charge in [0, 0.05) is 13.1 Å². The molecule has 1 heterocycles. The summed E-state index contributed by atoms with van der Waals surface area (Å²) < 4.78 is 27.1. The van der Waals surface area contributed by atoms with Crippen LogP contribution in [0.15, 0.2) is 23.1 Å².